The molecule has 2 amide bonds. The maximum Gasteiger partial charge on any atom is 0.414 e. The van der Waals surface area contributed by atoms with Gasteiger partial charge < -0.3 is 18.6 Å². The van der Waals surface area contributed by atoms with Gasteiger partial charge >= 0.3 is 12.2 Å². The smallest absolute Gasteiger partial charge is 0.414 e. The lowest BCUT2D eigenvalue weighted by molar-refractivity contribution is 0.00589. The van der Waals surface area contributed by atoms with Crippen molar-refractivity contribution in [3.8, 4) is 11.1 Å². The lowest BCUT2D eigenvalue weighted by Crippen LogP contribution is -2.46. The van der Waals surface area contributed by atoms with Crippen LogP contribution in [0.2, 0.25) is 23.2 Å². The first-order valence-electron chi connectivity index (χ1n) is 16.4. The minimum absolute atomic E-state index is 0.0421. The van der Waals surface area contributed by atoms with E-state index in [4.69, 9.17) is 35.2 Å². The first kappa shape index (κ1) is 36.0. The molecule has 0 saturated carbocycles. The van der Waals surface area contributed by atoms with Gasteiger partial charge in [0.05, 0.1) is 35.7 Å². The van der Waals surface area contributed by atoms with Gasteiger partial charge in [-0.2, -0.15) is 0 Å². The summed E-state index contributed by atoms with van der Waals surface area (Å²) in [5, 5.41) is 3.43. The van der Waals surface area contributed by atoms with Gasteiger partial charge in [0.25, 0.3) is 0 Å². The molecule has 1 unspecified atom stereocenters. The Morgan fingerprint density at radius 2 is 1.73 bits per heavy atom. The third kappa shape index (κ3) is 7.61. The van der Waals surface area contributed by atoms with E-state index in [0.717, 1.165) is 0 Å². The van der Waals surface area contributed by atoms with Crippen LogP contribution >= 0.6 is 11.6 Å². The fraction of sp³-hybridized carbons (Fsp3) is 0.543. The van der Waals surface area contributed by atoms with Crippen molar-refractivity contribution in [2.24, 2.45) is 0 Å². The zero-order valence-corrected chi connectivity index (χ0v) is 31.0. The van der Waals surface area contributed by atoms with Gasteiger partial charge in [-0.25, -0.2) is 19.0 Å². The maximum absolute atomic E-state index is 16.1. The van der Waals surface area contributed by atoms with Crippen molar-refractivity contribution in [3.05, 3.63) is 46.6 Å². The van der Waals surface area contributed by atoms with Gasteiger partial charge in [-0.1, -0.05) is 32.4 Å². The zero-order valence-electron chi connectivity index (χ0n) is 29.3. The van der Waals surface area contributed by atoms with Crippen molar-refractivity contribution in [2.75, 3.05) is 30.0 Å². The molecule has 2 aliphatic rings. The minimum atomic E-state index is -2.22. The number of nitrogens with zero attached hydrogens (tertiary/aromatic N) is 3. The summed E-state index contributed by atoms with van der Waals surface area (Å²) in [6.07, 6.45) is 3.09. The Labute approximate surface area is 287 Å². The number of halogens is 2. The fourth-order valence-corrected chi connectivity index (χ4v) is 7.23. The van der Waals surface area contributed by atoms with Gasteiger partial charge in [0.1, 0.15) is 23.3 Å². The number of carbonyl (C=O) groups excluding carboxylic acids is 2. The topological polar surface area (TPSA) is 112 Å². The van der Waals surface area contributed by atoms with Crippen LogP contribution in [0, 0.1) is 12.7 Å². The summed E-state index contributed by atoms with van der Waals surface area (Å²) in [5.74, 6) is -0.417. The molecule has 2 aromatic heterocycles. The van der Waals surface area contributed by atoms with Crippen LogP contribution in [0.5, 0.6) is 0 Å². The van der Waals surface area contributed by atoms with Gasteiger partial charge in [0.15, 0.2) is 8.32 Å². The molecule has 13 heteroatoms. The number of pyridine rings is 2. The highest BCUT2D eigenvalue weighted by Crippen LogP contribution is 2.47. The summed E-state index contributed by atoms with van der Waals surface area (Å²) in [6.45, 7) is 19.6. The lowest BCUT2D eigenvalue weighted by atomic mass is 9.94. The van der Waals surface area contributed by atoms with Crippen LogP contribution in [0.3, 0.4) is 0 Å². The number of benzene rings is 1. The normalized spacial score (nSPS) is 17.6. The molecule has 260 valence electrons. The first-order valence-corrected chi connectivity index (χ1v) is 19.7. The number of amides is 2. The molecule has 3 aromatic rings. The molecule has 5 rings (SSSR count). The predicted molar refractivity (Wildman–Crippen MR) is 188 cm³/mol. The van der Waals surface area contributed by atoms with Crippen LogP contribution in [0.25, 0.3) is 21.9 Å². The molecule has 48 heavy (non-hydrogen) atoms. The van der Waals surface area contributed by atoms with Crippen LogP contribution in [-0.4, -0.2) is 61.9 Å². The van der Waals surface area contributed by atoms with E-state index >= 15 is 4.39 Å². The average Bonchev–Trinajstić information content (AvgIpc) is 2.98. The van der Waals surface area contributed by atoms with Crippen molar-refractivity contribution >= 4 is 54.4 Å². The monoisotopic (exact) mass is 700 g/mol. The number of ether oxygens (including phenoxy) is 3. The molecule has 2 aliphatic heterocycles. The molecule has 0 radical (unpaired) electrons. The largest absolute Gasteiger partial charge is 0.446 e. The third-order valence-corrected chi connectivity index (χ3v) is 14.1. The second-order valence-corrected chi connectivity index (χ2v) is 20.1. The Bertz CT molecular complexity index is 1720. The summed E-state index contributed by atoms with van der Waals surface area (Å²) in [5.41, 5.74) is 1.72. The van der Waals surface area contributed by atoms with Crippen LogP contribution < -0.4 is 10.2 Å². The van der Waals surface area contributed by atoms with E-state index in [0.29, 0.717) is 72.3 Å². The Hall–Kier alpha value is -3.32. The molecule has 1 aromatic carbocycles. The molecular weight excluding hydrogens is 655 g/mol. The van der Waals surface area contributed by atoms with Crippen molar-refractivity contribution in [1.29, 1.82) is 0 Å². The van der Waals surface area contributed by atoms with E-state index < -0.39 is 31.9 Å². The van der Waals surface area contributed by atoms with Gasteiger partial charge in [0.2, 0.25) is 0 Å². The minimum Gasteiger partial charge on any atom is -0.446 e. The van der Waals surface area contributed by atoms with Gasteiger partial charge in [-0.15, -0.1) is 0 Å². The quantitative estimate of drug-likeness (QED) is 0.262. The van der Waals surface area contributed by atoms with Crippen molar-refractivity contribution in [2.45, 2.75) is 104 Å². The predicted octanol–water partition coefficient (Wildman–Crippen LogP) is 9.33. The molecule has 10 nitrogen and oxygen atoms in total. The average molecular weight is 701 g/mol. The first-order chi connectivity index (χ1) is 22.4. The van der Waals surface area contributed by atoms with Gasteiger partial charge in [0, 0.05) is 48.3 Å². The van der Waals surface area contributed by atoms with E-state index in [1.165, 1.54) is 6.20 Å². The summed E-state index contributed by atoms with van der Waals surface area (Å²) in [6, 6.07) is 3.26. The number of aromatic nitrogens is 2. The van der Waals surface area contributed by atoms with E-state index in [2.05, 4.69) is 44.2 Å². The van der Waals surface area contributed by atoms with E-state index in [1.54, 1.807) is 23.2 Å². The number of hydrogen-bond acceptors (Lipinski definition) is 8. The Kier molecular flexibility index (Phi) is 10.1. The van der Waals surface area contributed by atoms with Crippen molar-refractivity contribution in [3.63, 3.8) is 0 Å². The lowest BCUT2D eigenvalue weighted by Gasteiger charge is -2.42. The maximum atomic E-state index is 16.1. The molecule has 1 N–H and O–H groups in total. The number of nitrogens with one attached hydrogen (secondary N) is 1. The summed E-state index contributed by atoms with van der Waals surface area (Å²) in [7, 11) is -2.22. The molecule has 1 atom stereocenters. The molecule has 1 saturated heterocycles. The van der Waals surface area contributed by atoms with Crippen LogP contribution in [-0.2, 0) is 18.6 Å². The summed E-state index contributed by atoms with van der Waals surface area (Å²) >= 11 is 6.59. The fourth-order valence-electron chi connectivity index (χ4n) is 5.67. The van der Waals surface area contributed by atoms with Crippen LogP contribution in [0.1, 0.15) is 78.2 Å². The van der Waals surface area contributed by atoms with Gasteiger partial charge in [-0.3, -0.25) is 15.2 Å². The number of carbonyl (C=O) groups is 2. The second kappa shape index (κ2) is 13.5. The van der Waals surface area contributed by atoms with Crippen LogP contribution in [0.15, 0.2) is 24.5 Å². The zero-order chi connectivity index (χ0) is 35.2. The second-order valence-electron chi connectivity index (χ2n) is 15.0. The standard InChI is InChI=1S/C35H46ClFN4O6Si/c1-20-24(18-39-30-26(47-48(8,9)35(5,6)7)10-13-41(31(20)30)33(43)46-34(2,3)4)23-16-21-17-27(38-19-25(21)28(36)29(23)37)40-32(42)45-22-11-14-44-15-12-22/h16-19,22,26H,10-15H2,1-9H3,(H,38,40,42). The van der Waals surface area contributed by atoms with Crippen molar-refractivity contribution < 1.29 is 32.6 Å². The summed E-state index contributed by atoms with van der Waals surface area (Å²) in [4.78, 5) is 36.8. The Morgan fingerprint density at radius 3 is 2.38 bits per heavy atom. The van der Waals surface area contributed by atoms with Gasteiger partial charge in [-0.05, 0) is 75.3 Å². The molecule has 0 bridgehead atoms. The third-order valence-electron chi connectivity index (χ3n) is 9.25. The van der Waals surface area contributed by atoms with Crippen molar-refractivity contribution in [1.82, 2.24) is 9.97 Å². The number of fused-ring (bicyclic) bond motifs is 2. The van der Waals surface area contributed by atoms with E-state index in [1.807, 2.05) is 27.7 Å². The molecule has 0 aliphatic carbocycles. The van der Waals surface area contributed by atoms with E-state index in [9.17, 15) is 9.59 Å². The SMILES string of the molecule is Cc1c(-c2cc3cc(NC(=O)OC4CCOCC4)ncc3c(Cl)c2F)cnc2c1N(C(=O)OC(C)(C)C)CCC2O[Si](C)(C)C(C)(C)C. The molecule has 4 heterocycles. The van der Waals surface area contributed by atoms with Crippen LogP contribution in [0.4, 0.5) is 25.5 Å². The number of anilines is 2. The Balaban J connectivity index is 1.56. The highest BCUT2D eigenvalue weighted by atomic mass is 35.5. The molecule has 1 fully saturated rings. The molecule has 0 spiro atoms. The van der Waals surface area contributed by atoms with E-state index in [-0.39, 0.29) is 33.7 Å². The Morgan fingerprint density at radius 1 is 1.04 bits per heavy atom. The summed E-state index contributed by atoms with van der Waals surface area (Å²) < 4.78 is 39.6. The number of hydrogen-bond donors (Lipinski definition) is 1. The molecular formula is C35H46ClFN4O6Si. The highest BCUT2D eigenvalue weighted by Gasteiger charge is 2.43. The highest BCUT2D eigenvalue weighted by molar-refractivity contribution is 6.74. The number of rotatable bonds is 5.